The summed E-state index contributed by atoms with van der Waals surface area (Å²) in [4.78, 5) is 5.52. The van der Waals surface area contributed by atoms with Crippen LogP contribution in [-0.2, 0) is 0 Å². The zero-order valence-electron chi connectivity index (χ0n) is 9.79. The number of thiazole rings is 1. The lowest BCUT2D eigenvalue weighted by Crippen LogP contribution is -2.29. The van der Waals surface area contributed by atoms with Gasteiger partial charge in [-0.1, -0.05) is 26.7 Å². The van der Waals surface area contributed by atoms with Crippen molar-refractivity contribution < 1.29 is 0 Å². The number of aromatic nitrogens is 1. The Kier molecular flexibility index (Phi) is 5.22. The maximum absolute atomic E-state index is 5.60. The van der Waals surface area contributed by atoms with Crippen molar-refractivity contribution in [3.63, 3.8) is 0 Å². The van der Waals surface area contributed by atoms with Crippen molar-refractivity contribution in [2.24, 2.45) is 11.8 Å². The average molecular weight is 227 g/mol. The highest BCUT2D eigenvalue weighted by Gasteiger charge is 2.16. The molecule has 1 aromatic rings. The minimum Gasteiger partial charge on any atom is -0.271 e. The monoisotopic (exact) mass is 227 g/mol. The summed E-state index contributed by atoms with van der Waals surface area (Å²) in [6, 6.07) is 0.265. The van der Waals surface area contributed by atoms with Crippen LogP contribution in [0.2, 0.25) is 0 Å². The molecule has 4 heteroatoms. The topological polar surface area (TPSA) is 50.9 Å². The van der Waals surface area contributed by atoms with Gasteiger partial charge in [-0.05, 0) is 19.3 Å². The first kappa shape index (κ1) is 12.6. The molecule has 1 atom stereocenters. The largest absolute Gasteiger partial charge is 0.271 e. The molecule has 0 saturated carbocycles. The van der Waals surface area contributed by atoms with E-state index < -0.39 is 0 Å². The number of nitrogens with zero attached hydrogens (tertiary/aromatic N) is 1. The molecule has 0 aliphatic rings. The van der Waals surface area contributed by atoms with Crippen molar-refractivity contribution in [2.75, 3.05) is 0 Å². The van der Waals surface area contributed by atoms with E-state index in [0.717, 1.165) is 17.3 Å². The Bertz CT molecular complexity index is 281. The van der Waals surface area contributed by atoms with Crippen molar-refractivity contribution >= 4 is 11.3 Å². The highest BCUT2D eigenvalue weighted by Crippen LogP contribution is 2.27. The van der Waals surface area contributed by atoms with Gasteiger partial charge in [-0.3, -0.25) is 11.3 Å². The van der Waals surface area contributed by atoms with Gasteiger partial charge in [-0.25, -0.2) is 4.98 Å². The Labute approximate surface area is 96.1 Å². The van der Waals surface area contributed by atoms with Gasteiger partial charge in [0, 0.05) is 11.1 Å². The molecular formula is C11H21N3S. The second-order valence-electron chi connectivity index (χ2n) is 3.92. The van der Waals surface area contributed by atoms with Crippen molar-refractivity contribution in [2.45, 2.75) is 46.1 Å². The molecular weight excluding hydrogens is 206 g/mol. The van der Waals surface area contributed by atoms with Crippen LogP contribution >= 0.6 is 11.3 Å². The van der Waals surface area contributed by atoms with Crippen molar-refractivity contribution in [3.05, 3.63) is 16.1 Å². The third kappa shape index (κ3) is 3.55. The summed E-state index contributed by atoms with van der Waals surface area (Å²) in [5, 5.41) is 1.11. The molecule has 0 bridgehead atoms. The van der Waals surface area contributed by atoms with E-state index in [1.807, 2.05) is 13.1 Å². The summed E-state index contributed by atoms with van der Waals surface area (Å²) in [7, 11) is 0. The van der Waals surface area contributed by atoms with Crippen molar-refractivity contribution in [3.8, 4) is 0 Å². The summed E-state index contributed by atoms with van der Waals surface area (Å²) >= 11 is 1.73. The minimum absolute atomic E-state index is 0.265. The van der Waals surface area contributed by atoms with Crippen LogP contribution in [0.5, 0.6) is 0 Å². The fraction of sp³-hybridized carbons (Fsp3) is 0.727. The average Bonchev–Trinajstić information content (AvgIpc) is 2.67. The summed E-state index contributed by atoms with van der Waals surface area (Å²) in [6.07, 6.45) is 5.47. The van der Waals surface area contributed by atoms with E-state index in [4.69, 9.17) is 5.84 Å². The second-order valence-corrected chi connectivity index (χ2v) is 5.19. The van der Waals surface area contributed by atoms with Gasteiger partial charge >= 0.3 is 0 Å². The molecule has 0 spiro atoms. The second kappa shape index (κ2) is 6.20. The van der Waals surface area contributed by atoms with E-state index in [2.05, 4.69) is 24.3 Å². The van der Waals surface area contributed by atoms with E-state index >= 15 is 0 Å². The third-order valence-corrected chi connectivity index (χ3v) is 3.93. The third-order valence-electron chi connectivity index (χ3n) is 2.91. The maximum atomic E-state index is 5.60. The van der Waals surface area contributed by atoms with Gasteiger partial charge in [0.2, 0.25) is 0 Å². The SMILES string of the molecule is CCC(CC)CC(NN)c1cnc(C)s1. The lowest BCUT2D eigenvalue weighted by Gasteiger charge is -2.19. The molecule has 0 amide bonds. The molecule has 0 aromatic carbocycles. The standard InChI is InChI=1S/C11H21N3S/c1-4-9(5-2)6-10(14-12)11-7-13-8(3)15-11/h7,9-10,14H,4-6,12H2,1-3H3. The smallest absolute Gasteiger partial charge is 0.0897 e. The first-order valence-corrected chi connectivity index (χ1v) is 6.41. The molecule has 86 valence electrons. The Morgan fingerprint density at radius 2 is 2.13 bits per heavy atom. The molecule has 0 saturated heterocycles. The zero-order valence-corrected chi connectivity index (χ0v) is 10.6. The fourth-order valence-electron chi connectivity index (χ4n) is 1.76. The zero-order chi connectivity index (χ0) is 11.3. The first-order chi connectivity index (χ1) is 7.21. The number of rotatable bonds is 6. The lowest BCUT2D eigenvalue weighted by molar-refractivity contribution is 0.378. The number of hydrogen-bond acceptors (Lipinski definition) is 4. The highest BCUT2D eigenvalue weighted by atomic mass is 32.1. The van der Waals surface area contributed by atoms with E-state index in [1.54, 1.807) is 11.3 Å². The lowest BCUT2D eigenvalue weighted by atomic mass is 9.94. The molecule has 1 rings (SSSR count). The molecule has 1 aromatic heterocycles. The van der Waals surface area contributed by atoms with Crippen LogP contribution in [0.3, 0.4) is 0 Å². The first-order valence-electron chi connectivity index (χ1n) is 5.59. The normalized spacial score (nSPS) is 13.4. The molecule has 0 aliphatic carbocycles. The molecule has 1 heterocycles. The van der Waals surface area contributed by atoms with Gasteiger partial charge in [-0.15, -0.1) is 11.3 Å². The van der Waals surface area contributed by atoms with Gasteiger partial charge in [0.25, 0.3) is 0 Å². The van der Waals surface area contributed by atoms with Crippen molar-refractivity contribution in [1.82, 2.24) is 10.4 Å². The van der Waals surface area contributed by atoms with Crippen molar-refractivity contribution in [1.29, 1.82) is 0 Å². The van der Waals surface area contributed by atoms with E-state index in [-0.39, 0.29) is 6.04 Å². The summed E-state index contributed by atoms with van der Waals surface area (Å²) < 4.78 is 0. The molecule has 1 unspecified atom stereocenters. The van der Waals surface area contributed by atoms with Gasteiger partial charge in [0.05, 0.1) is 11.0 Å². The van der Waals surface area contributed by atoms with Gasteiger partial charge in [0.15, 0.2) is 0 Å². The molecule has 15 heavy (non-hydrogen) atoms. The van der Waals surface area contributed by atoms with Gasteiger partial charge in [0.1, 0.15) is 0 Å². The van der Waals surface area contributed by atoms with Gasteiger partial charge in [-0.2, -0.15) is 0 Å². The van der Waals surface area contributed by atoms with Crippen LogP contribution < -0.4 is 11.3 Å². The Morgan fingerprint density at radius 1 is 1.47 bits per heavy atom. The van der Waals surface area contributed by atoms with E-state index in [1.165, 1.54) is 17.7 Å². The summed E-state index contributed by atoms with van der Waals surface area (Å²) in [6.45, 7) is 6.50. The number of nitrogens with two attached hydrogens (primary N) is 1. The Hall–Kier alpha value is -0.450. The quantitative estimate of drug-likeness (QED) is 0.580. The van der Waals surface area contributed by atoms with Crippen LogP contribution in [0.25, 0.3) is 0 Å². The fourth-order valence-corrected chi connectivity index (χ4v) is 2.62. The number of aryl methyl sites for hydroxylation is 1. The Balaban J connectivity index is 2.63. The van der Waals surface area contributed by atoms with Gasteiger partial charge < -0.3 is 0 Å². The van der Waals surface area contributed by atoms with E-state index in [9.17, 15) is 0 Å². The number of hydrazine groups is 1. The molecule has 3 nitrogen and oxygen atoms in total. The maximum Gasteiger partial charge on any atom is 0.0897 e. The van der Waals surface area contributed by atoms with Crippen LogP contribution in [-0.4, -0.2) is 4.98 Å². The predicted octanol–water partition coefficient (Wildman–Crippen LogP) is 2.78. The number of hydrogen-bond donors (Lipinski definition) is 2. The van der Waals surface area contributed by atoms with Crippen LogP contribution in [0, 0.1) is 12.8 Å². The van der Waals surface area contributed by atoms with Crippen LogP contribution in [0.4, 0.5) is 0 Å². The molecule has 0 fully saturated rings. The Morgan fingerprint density at radius 3 is 2.53 bits per heavy atom. The van der Waals surface area contributed by atoms with Crippen LogP contribution in [0.15, 0.2) is 6.20 Å². The number of nitrogens with one attached hydrogen (secondary N) is 1. The summed E-state index contributed by atoms with van der Waals surface area (Å²) in [5.41, 5.74) is 2.90. The molecule has 0 aliphatic heterocycles. The molecule has 0 radical (unpaired) electrons. The highest BCUT2D eigenvalue weighted by molar-refractivity contribution is 7.11. The summed E-state index contributed by atoms with van der Waals surface area (Å²) in [5.74, 6) is 6.34. The predicted molar refractivity (Wildman–Crippen MR) is 65.6 cm³/mol. The van der Waals surface area contributed by atoms with E-state index in [0.29, 0.717) is 0 Å². The molecule has 3 N–H and O–H groups in total. The van der Waals surface area contributed by atoms with Crippen LogP contribution in [0.1, 0.15) is 49.0 Å². The minimum atomic E-state index is 0.265.